The third kappa shape index (κ3) is 3.24. The van der Waals surface area contributed by atoms with Gasteiger partial charge in [0.15, 0.2) is 0 Å². The van der Waals surface area contributed by atoms with E-state index < -0.39 is 15.8 Å². The molecule has 0 saturated carbocycles. The van der Waals surface area contributed by atoms with Crippen LogP contribution in [0.5, 0.6) is 0 Å². The zero-order valence-electron chi connectivity index (χ0n) is 11.0. The first-order chi connectivity index (χ1) is 9.38. The van der Waals surface area contributed by atoms with Crippen LogP contribution in [0.3, 0.4) is 0 Å². The lowest BCUT2D eigenvalue weighted by Gasteiger charge is -2.12. The second-order valence-electron chi connectivity index (χ2n) is 4.36. The molecule has 0 aliphatic rings. The number of hydrogen-bond acceptors (Lipinski definition) is 4. The normalized spacial score (nSPS) is 11.2. The van der Waals surface area contributed by atoms with Crippen LogP contribution in [0.2, 0.25) is 0 Å². The lowest BCUT2D eigenvalue weighted by Crippen LogP contribution is -2.14. The van der Waals surface area contributed by atoms with E-state index in [0.29, 0.717) is 5.69 Å². The van der Waals surface area contributed by atoms with E-state index >= 15 is 0 Å². The molecule has 0 fully saturated rings. The van der Waals surface area contributed by atoms with Crippen LogP contribution in [0.25, 0.3) is 0 Å². The number of halogens is 1. The van der Waals surface area contributed by atoms with Gasteiger partial charge in [-0.05, 0) is 36.4 Å². The molecule has 2 aromatic rings. The Morgan fingerprint density at radius 2 is 1.75 bits per heavy atom. The quantitative estimate of drug-likeness (QED) is 0.938. The second-order valence-corrected chi connectivity index (χ2v) is 6.04. The molecule has 0 spiro atoms. The molecule has 1 aromatic heterocycles. The van der Waals surface area contributed by atoms with E-state index in [4.69, 9.17) is 0 Å². The van der Waals surface area contributed by atoms with E-state index in [-0.39, 0.29) is 4.90 Å². The average Bonchev–Trinajstić information content (AvgIpc) is 2.39. The average molecular weight is 295 g/mol. The summed E-state index contributed by atoms with van der Waals surface area (Å²) in [5.74, 6) is 0.232. The maximum atomic E-state index is 12.8. The minimum absolute atomic E-state index is 0.00409. The second kappa shape index (κ2) is 5.46. The molecule has 0 aliphatic carbocycles. The molecule has 0 bridgehead atoms. The van der Waals surface area contributed by atoms with Crippen LogP contribution < -0.4 is 9.62 Å². The number of benzene rings is 1. The fourth-order valence-electron chi connectivity index (χ4n) is 1.54. The van der Waals surface area contributed by atoms with Crippen molar-refractivity contribution in [3.05, 3.63) is 48.4 Å². The highest BCUT2D eigenvalue weighted by Crippen LogP contribution is 2.17. The first-order valence-electron chi connectivity index (χ1n) is 5.80. The summed E-state index contributed by atoms with van der Waals surface area (Å²) in [6, 6.07) is 7.93. The van der Waals surface area contributed by atoms with Gasteiger partial charge in [0, 0.05) is 14.1 Å². The summed E-state index contributed by atoms with van der Waals surface area (Å²) >= 11 is 0. The topological polar surface area (TPSA) is 62.3 Å². The van der Waals surface area contributed by atoms with Crippen molar-refractivity contribution < 1.29 is 12.8 Å². The number of anilines is 2. The fourth-order valence-corrected chi connectivity index (χ4v) is 2.58. The van der Waals surface area contributed by atoms with Gasteiger partial charge < -0.3 is 4.90 Å². The van der Waals surface area contributed by atoms with Crippen molar-refractivity contribution >= 4 is 21.5 Å². The molecular formula is C13H14FN3O2S. The number of rotatable bonds is 4. The first kappa shape index (κ1) is 14.3. The van der Waals surface area contributed by atoms with Gasteiger partial charge in [0.05, 0.1) is 16.8 Å². The summed E-state index contributed by atoms with van der Waals surface area (Å²) in [5.41, 5.74) is 0.347. The molecule has 0 saturated heterocycles. The zero-order chi connectivity index (χ0) is 14.8. The maximum Gasteiger partial charge on any atom is 0.261 e. The molecule has 5 nitrogen and oxygen atoms in total. The number of sulfonamides is 1. The number of nitrogens with zero attached hydrogens (tertiary/aromatic N) is 2. The Bertz CT molecular complexity index is 683. The summed E-state index contributed by atoms with van der Waals surface area (Å²) in [6.07, 6.45) is 1.43. The Morgan fingerprint density at radius 1 is 1.10 bits per heavy atom. The molecule has 1 aromatic carbocycles. The van der Waals surface area contributed by atoms with Crippen molar-refractivity contribution in [3.8, 4) is 0 Å². The smallest absolute Gasteiger partial charge is 0.261 e. The number of aromatic nitrogens is 1. The van der Waals surface area contributed by atoms with E-state index in [1.807, 2.05) is 14.1 Å². The first-order valence-corrected chi connectivity index (χ1v) is 7.28. The molecule has 20 heavy (non-hydrogen) atoms. The predicted octanol–water partition coefficient (Wildman–Crippen LogP) is 2.09. The molecule has 1 heterocycles. The van der Waals surface area contributed by atoms with Crippen LogP contribution >= 0.6 is 0 Å². The summed E-state index contributed by atoms with van der Waals surface area (Å²) < 4.78 is 39.3. The van der Waals surface area contributed by atoms with Crippen LogP contribution in [0.4, 0.5) is 15.9 Å². The molecule has 0 radical (unpaired) electrons. The number of hydrogen-bond donors (Lipinski definition) is 1. The highest BCUT2D eigenvalue weighted by molar-refractivity contribution is 7.92. The van der Waals surface area contributed by atoms with E-state index in [1.165, 1.54) is 18.3 Å². The summed E-state index contributed by atoms with van der Waals surface area (Å²) in [4.78, 5) is 5.91. The fraction of sp³-hybridized carbons (Fsp3) is 0.154. The van der Waals surface area contributed by atoms with E-state index in [0.717, 1.165) is 18.0 Å². The molecule has 0 atom stereocenters. The Morgan fingerprint density at radius 3 is 2.25 bits per heavy atom. The molecule has 0 unspecified atom stereocenters. The molecule has 106 valence electrons. The third-order valence-electron chi connectivity index (χ3n) is 2.58. The predicted molar refractivity (Wildman–Crippen MR) is 75.8 cm³/mol. The Kier molecular flexibility index (Phi) is 3.89. The van der Waals surface area contributed by atoms with Crippen molar-refractivity contribution in [3.63, 3.8) is 0 Å². The van der Waals surface area contributed by atoms with Gasteiger partial charge in [0.25, 0.3) is 10.0 Å². The van der Waals surface area contributed by atoms with E-state index in [9.17, 15) is 12.8 Å². The van der Waals surface area contributed by atoms with Crippen LogP contribution in [-0.2, 0) is 10.0 Å². The van der Waals surface area contributed by atoms with Gasteiger partial charge in [-0.1, -0.05) is 0 Å². The van der Waals surface area contributed by atoms with Crippen molar-refractivity contribution in [1.82, 2.24) is 4.98 Å². The maximum absolute atomic E-state index is 12.8. The van der Waals surface area contributed by atoms with Crippen LogP contribution in [0.15, 0.2) is 47.5 Å². The molecular weight excluding hydrogens is 281 g/mol. The zero-order valence-corrected chi connectivity index (χ0v) is 11.9. The molecule has 7 heteroatoms. The molecule has 0 amide bonds. The largest absolute Gasteiger partial charge is 0.363 e. The molecule has 1 N–H and O–H groups in total. The number of pyridine rings is 1. The van der Waals surface area contributed by atoms with Crippen molar-refractivity contribution in [2.75, 3.05) is 23.7 Å². The third-order valence-corrected chi connectivity index (χ3v) is 3.98. The molecule has 2 rings (SSSR count). The highest BCUT2D eigenvalue weighted by atomic mass is 32.2. The minimum Gasteiger partial charge on any atom is -0.363 e. The van der Waals surface area contributed by atoms with Crippen LogP contribution in [0, 0.1) is 5.82 Å². The summed E-state index contributed by atoms with van der Waals surface area (Å²) in [6.45, 7) is 0. The van der Waals surface area contributed by atoms with Crippen molar-refractivity contribution in [2.45, 2.75) is 4.90 Å². The summed E-state index contributed by atoms with van der Waals surface area (Å²) in [5, 5.41) is 0. The lowest BCUT2D eigenvalue weighted by atomic mass is 10.4. The summed E-state index contributed by atoms with van der Waals surface area (Å²) in [7, 11) is -0.0575. The van der Waals surface area contributed by atoms with Gasteiger partial charge >= 0.3 is 0 Å². The lowest BCUT2D eigenvalue weighted by molar-refractivity contribution is 0.599. The van der Waals surface area contributed by atoms with Gasteiger partial charge in [-0.3, -0.25) is 4.72 Å². The van der Waals surface area contributed by atoms with Gasteiger partial charge in [0.2, 0.25) is 0 Å². The Balaban J connectivity index is 2.22. The minimum atomic E-state index is -3.73. The highest BCUT2D eigenvalue weighted by Gasteiger charge is 2.14. The monoisotopic (exact) mass is 295 g/mol. The Hall–Kier alpha value is -2.15. The van der Waals surface area contributed by atoms with Gasteiger partial charge in [-0.25, -0.2) is 17.8 Å². The number of nitrogens with one attached hydrogen (secondary N) is 1. The van der Waals surface area contributed by atoms with Crippen LogP contribution in [-0.4, -0.2) is 27.5 Å². The van der Waals surface area contributed by atoms with E-state index in [2.05, 4.69) is 9.71 Å². The van der Waals surface area contributed by atoms with Gasteiger partial charge in [-0.15, -0.1) is 0 Å². The SMILES string of the molecule is CN(C)c1ccc(NS(=O)(=O)c2ccc(F)cc2)cn1. The van der Waals surface area contributed by atoms with Crippen LogP contribution in [0.1, 0.15) is 0 Å². The molecule has 0 aliphatic heterocycles. The van der Waals surface area contributed by atoms with Gasteiger partial charge in [-0.2, -0.15) is 0 Å². The van der Waals surface area contributed by atoms with Crippen molar-refractivity contribution in [2.24, 2.45) is 0 Å². The Labute approximate surface area is 117 Å². The van der Waals surface area contributed by atoms with Crippen molar-refractivity contribution in [1.29, 1.82) is 0 Å². The van der Waals surface area contributed by atoms with Gasteiger partial charge in [0.1, 0.15) is 11.6 Å². The van der Waals surface area contributed by atoms with E-state index in [1.54, 1.807) is 17.0 Å². The standard InChI is InChI=1S/C13H14FN3O2S/c1-17(2)13-8-5-11(9-15-13)16-20(18,19)12-6-3-10(14)4-7-12/h3-9,16H,1-2H3.